The molecule has 2 nitrogen and oxygen atoms in total. The maximum atomic E-state index is 12.3. The zero-order chi connectivity index (χ0) is 15.5. The van der Waals surface area contributed by atoms with Crippen LogP contribution in [0.3, 0.4) is 0 Å². The Balaban J connectivity index is 2.18. The fourth-order valence-corrected chi connectivity index (χ4v) is 2.46. The number of rotatable bonds is 4. The molecule has 0 fully saturated rings. The number of hydrogen-bond acceptors (Lipinski definition) is 3. The van der Waals surface area contributed by atoms with Crippen molar-refractivity contribution in [1.29, 1.82) is 0 Å². The van der Waals surface area contributed by atoms with Gasteiger partial charge in [0.1, 0.15) is 5.75 Å². The van der Waals surface area contributed by atoms with Gasteiger partial charge in [-0.3, -0.25) is 0 Å². The fraction of sp³-hybridized carbons (Fsp3) is 0.200. The second-order valence-electron chi connectivity index (χ2n) is 4.48. The van der Waals surface area contributed by atoms with Gasteiger partial charge in [0.15, 0.2) is 0 Å². The third-order valence-electron chi connectivity index (χ3n) is 2.90. The van der Waals surface area contributed by atoms with Crippen LogP contribution in [-0.2, 0) is 0 Å². The van der Waals surface area contributed by atoms with Crippen molar-refractivity contribution in [2.75, 3.05) is 4.72 Å². The summed E-state index contributed by atoms with van der Waals surface area (Å²) in [6.45, 7) is 3.59. The van der Waals surface area contributed by atoms with E-state index in [4.69, 9.17) is 0 Å². The van der Waals surface area contributed by atoms with Gasteiger partial charge in [0.05, 0.1) is 5.69 Å². The van der Waals surface area contributed by atoms with Gasteiger partial charge in [-0.25, -0.2) is 0 Å². The summed E-state index contributed by atoms with van der Waals surface area (Å²) in [7, 11) is 0. The number of ether oxygens (including phenoxy) is 1. The molecule has 0 aliphatic carbocycles. The van der Waals surface area contributed by atoms with Crippen molar-refractivity contribution in [3.63, 3.8) is 0 Å². The van der Waals surface area contributed by atoms with E-state index in [0.717, 1.165) is 16.0 Å². The lowest BCUT2D eigenvalue weighted by molar-refractivity contribution is -0.274. The van der Waals surface area contributed by atoms with Gasteiger partial charge in [0.2, 0.25) is 0 Å². The van der Waals surface area contributed by atoms with Crippen molar-refractivity contribution in [3.8, 4) is 5.75 Å². The molecule has 0 aromatic heterocycles. The van der Waals surface area contributed by atoms with Crippen LogP contribution in [0.5, 0.6) is 5.75 Å². The Morgan fingerprint density at radius 1 is 1.05 bits per heavy atom. The molecule has 0 aliphatic heterocycles. The van der Waals surface area contributed by atoms with E-state index >= 15 is 0 Å². The first-order chi connectivity index (χ1) is 9.85. The quantitative estimate of drug-likeness (QED) is 0.772. The maximum absolute atomic E-state index is 12.3. The highest BCUT2D eigenvalue weighted by Crippen LogP contribution is 2.32. The lowest BCUT2D eigenvalue weighted by Gasteiger charge is -2.15. The van der Waals surface area contributed by atoms with E-state index in [1.165, 1.54) is 24.1 Å². The molecule has 0 radical (unpaired) electrons. The second-order valence-corrected chi connectivity index (χ2v) is 5.36. The summed E-state index contributed by atoms with van der Waals surface area (Å²) in [6, 6.07) is 12.2. The molecule has 0 atom stereocenters. The average Bonchev–Trinajstić information content (AvgIpc) is 2.40. The van der Waals surface area contributed by atoms with E-state index in [2.05, 4.69) is 9.46 Å². The van der Waals surface area contributed by atoms with Crippen molar-refractivity contribution >= 4 is 17.6 Å². The van der Waals surface area contributed by atoms with Crippen LogP contribution in [0.25, 0.3) is 0 Å². The van der Waals surface area contributed by atoms with Crippen molar-refractivity contribution in [2.45, 2.75) is 25.1 Å². The zero-order valence-corrected chi connectivity index (χ0v) is 12.3. The third-order valence-corrected chi connectivity index (χ3v) is 3.73. The molecule has 0 amide bonds. The lowest BCUT2D eigenvalue weighted by atomic mass is 10.1. The number of benzene rings is 2. The highest BCUT2D eigenvalue weighted by Gasteiger charge is 2.31. The van der Waals surface area contributed by atoms with Gasteiger partial charge < -0.3 is 9.46 Å². The van der Waals surface area contributed by atoms with Gasteiger partial charge in [-0.15, -0.1) is 13.2 Å². The van der Waals surface area contributed by atoms with Crippen molar-refractivity contribution in [2.24, 2.45) is 0 Å². The zero-order valence-electron chi connectivity index (χ0n) is 11.5. The molecule has 2 aromatic carbocycles. The van der Waals surface area contributed by atoms with Crippen LogP contribution in [0.1, 0.15) is 11.1 Å². The first kappa shape index (κ1) is 15.6. The Bertz CT molecular complexity index is 614. The first-order valence-electron chi connectivity index (χ1n) is 6.20. The molecule has 0 unspecified atom stereocenters. The van der Waals surface area contributed by atoms with Crippen LogP contribution in [0.15, 0.2) is 47.4 Å². The molecule has 0 spiro atoms. The van der Waals surface area contributed by atoms with Gasteiger partial charge in [-0.05, 0) is 55.1 Å². The molecule has 21 heavy (non-hydrogen) atoms. The van der Waals surface area contributed by atoms with Crippen LogP contribution >= 0.6 is 11.9 Å². The number of halogens is 3. The third kappa shape index (κ3) is 4.60. The predicted octanol–water partition coefficient (Wildman–Crippen LogP) is 5.32. The summed E-state index contributed by atoms with van der Waals surface area (Å²) in [5.74, 6) is -0.221. The van der Waals surface area contributed by atoms with Crippen LogP contribution in [0.2, 0.25) is 0 Å². The van der Waals surface area contributed by atoms with E-state index in [0.29, 0.717) is 5.69 Å². The smallest absolute Gasteiger partial charge is 0.406 e. The number of hydrogen-bond donors (Lipinski definition) is 1. The molecule has 112 valence electrons. The number of anilines is 1. The monoisotopic (exact) mass is 313 g/mol. The summed E-state index contributed by atoms with van der Waals surface area (Å²) >= 11 is 1.34. The number of alkyl halides is 3. The highest BCUT2D eigenvalue weighted by molar-refractivity contribution is 8.00. The molecule has 6 heteroatoms. The Kier molecular flexibility index (Phi) is 4.67. The summed E-state index contributed by atoms with van der Waals surface area (Å²) in [6.07, 6.45) is -4.69. The summed E-state index contributed by atoms with van der Waals surface area (Å²) in [5.41, 5.74) is 2.21. The molecule has 0 saturated carbocycles. The first-order valence-corrected chi connectivity index (χ1v) is 7.02. The van der Waals surface area contributed by atoms with Gasteiger partial charge >= 0.3 is 6.36 Å². The van der Waals surface area contributed by atoms with Gasteiger partial charge in [0.25, 0.3) is 0 Å². The highest BCUT2D eigenvalue weighted by atomic mass is 32.2. The Morgan fingerprint density at radius 3 is 2.33 bits per heavy atom. The molecule has 0 aliphatic rings. The molecular weight excluding hydrogens is 299 g/mol. The fourth-order valence-electron chi connectivity index (χ4n) is 1.73. The average molecular weight is 313 g/mol. The van der Waals surface area contributed by atoms with Crippen molar-refractivity contribution < 1.29 is 17.9 Å². The van der Waals surface area contributed by atoms with Crippen molar-refractivity contribution in [1.82, 2.24) is 0 Å². The largest absolute Gasteiger partial charge is 0.573 e. The van der Waals surface area contributed by atoms with Crippen molar-refractivity contribution in [3.05, 3.63) is 53.6 Å². The van der Waals surface area contributed by atoms with Gasteiger partial charge in [-0.2, -0.15) is 0 Å². The van der Waals surface area contributed by atoms with E-state index in [1.807, 2.05) is 37.3 Å². The topological polar surface area (TPSA) is 21.3 Å². The minimum absolute atomic E-state index is 0.221. The minimum atomic E-state index is -4.69. The van der Waals surface area contributed by atoms with Crippen LogP contribution in [0, 0.1) is 13.8 Å². The predicted molar refractivity (Wildman–Crippen MR) is 78.5 cm³/mol. The normalized spacial score (nSPS) is 11.3. The van der Waals surface area contributed by atoms with Gasteiger partial charge in [0, 0.05) is 11.0 Å². The Morgan fingerprint density at radius 2 is 1.71 bits per heavy atom. The maximum Gasteiger partial charge on any atom is 0.573 e. The molecule has 2 rings (SSSR count). The van der Waals surface area contributed by atoms with E-state index in [1.54, 1.807) is 6.92 Å². The molecular formula is C15H14F3NOS. The Hall–Kier alpha value is -1.82. The molecule has 0 saturated heterocycles. The van der Waals surface area contributed by atoms with Gasteiger partial charge in [-0.1, -0.05) is 18.2 Å². The standard InChI is InChI=1S/C15H14F3NOS/c1-10-8-12(20-15(16,17)18)9-14(11(10)2)19-21-13-6-4-3-5-7-13/h3-9,19H,1-2H3. The van der Waals surface area contributed by atoms with Crippen LogP contribution < -0.4 is 9.46 Å². The molecule has 0 heterocycles. The van der Waals surface area contributed by atoms with E-state index < -0.39 is 6.36 Å². The lowest BCUT2D eigenvalue weighted by Crippen LogP contribution is -2.17. The molecule has 2 aromatic rings. The molecule has 0 bridgehead atoms. The Labute approximate surface area is 125 Å². The SMILES string of the molecule is Cc1cc(OC(F)(F)F)cc(NSc2ccccc2)c1C. The minimum Gasteiger partial charge on any atom is -0.406 e. The van der Waals surface area contributed by atoms with Crippen LogP contribution in [0.4, 0.5) is 18.9 Å². The van der Waals surface area contributed by atoms with Crippen LogP contribution in [-0.4, -0.2) is 6.36 Å². The second kappa shape index (κ2) is 6.30. The van der Waals surface area contributed by atoms with E-state index in [-0.39, 0.29) is 5.75 Å². The number of aryl methyl sites for hydroxylation is 1. The summed E-state index contributed by atoms with van der Waals surface area (Å²) < 4.78 is 44.0. The number of nitrogens with one attached hydrogen (secondary N) is 1. The molecule has 1 N–H and O–H groups in total. The summed E-state index contributed by atoms with van der Waals surface area (Å²) in [4.78, 5) is 0.969. The van der Waals surface area contributed by atoms with E-state index in [9.17, 15) is 13.2 Å². The summed E-state index contributed by atoms with van der Waals surface area (Å²) in [5, 5.41) is 0.